The van der Waals surface area contributed by atoms with Gasteiger partial charge in [-0.25, -0.2) is 0 Å². The highest BCUT2D eigenvalue weighted by Crippen LogP contribution is 2.28. The first-order chi connectivity index (χ1) is 9.49. The van der Waals surface area contributed by atoms with Gasteiger partial charge in [0.2, 0.25) is 0 Å². The minimum atomic E-state index is 0.278. The maximum Gasteiger partial charge on any atom is 0.105 e. The van der Waals surface area contributed by atoms with Gasteiger partial charge in [-0.15, -0.1) is 0 Å². The van der Waals surface area contributed by atoms with Gasteiger partial charge >= 0.3 is 0 Å². The predicted molar refractivity (Wildman–Crippen MR) is 83.8 cm³/mol. The Labute approximate surface area is 122 Å². The van der Waals surface area contributed by atoms with Crippen LogP contribution in [0.3, 0.4) is 0 Å². The summed E-state index contributed by atoms with van der Waals surface area (Å²) in [5, 5.41) is 3.74. The third-order valence-electron chi connectivity index (χ3n) is 3.80. The monoisotopic (exact) mass is 271 g/mol. The van der Waals surface area contributed by atoms with Gasteiger partial charge in [0.25, 0.3) is 0 Å². The van der Waals surface area contributed by atoms with E-state index in [4.69, 9.17) is 4.42 Å². The Kier molecular flexibility index (Phi) is 4.66. The Morgan fingerprint density at radius 3 is 2.15 bits per heavy atom. The second kappa shape index (κ2) is 6.27. The Hall–Kier alpha value is -1.54. The van der Waals surface area contributed by atoms with Crippen LogP contribution in [0.15, 0.2) is 40.8 Å². The van der Waals surface area contributed by atoms with Crippen molar-refractivity contribution in [1.82, 2.24) is 5.32 Å². The first-order valence-corrected chi connectivity index (χ1v) is 7.37. The second-order valence-electron chi connectivity index (χ2n) is 5.89. The van der Waals surface area contributed by atoms with E-state index < -0.39 is 0 Å². The quantitative estimate of drug-likeness (QED) is 0.832. The van der Waals surface area contributed by atoms with Crippen molar-refractivity contribution in [3.8, 4) is 0 Å². The predicted octanol–water partition coefficient (Wildman–Crippen LogP) is 4.94. The van der Waals surface area contributed by atoms with E-state index in [1.54, 1.807) is 0 Å². The molecule has 0 saturated carbocycles. The van der Waals surface area contributed by atoms with Crippen LogP contribution in [0.4, 0.5) is 0 Å². The molecule has 20 heavy (non-hydrogen) atoms. The van der Waals surface area contributed by atoms with Crippen molar-refractivity contribution in [2.45, 2.75) is 46.7 Å². The van der Waals surface area contributed by atoms with Gasteiger partial charge in [-0.3, -0.25) is 0 Å². The van der Waals surface area contributed by atoms with Crippen LogP contribution in [0, 0.1) is 19.8 Å². The standard InChI is InChI=1S/C18H25NO/c1-12(2)18(16-9-7-6-8-10-16)19-14(4)17-11-13(3)20-15(17)5/h6-12,14,18-19H,1-5H3. The summed E-state index contributed by atoms with van der Waals surface area (Å²) in [7, 11) is 0. The van der Waals surface area contributed by atoms with Crippen LogP contribution in [0.25, 0.3) is 0 Å². The van der Waals surface area contributed by atoms with Crippen molar-refractivity contribution in [3.63, 3.8) is 0 Å². The number of hydrogen-bond donors (Lipinski definition) is 1. The first-order valence-electron chi connectivity index (χ1n) is 7.37. The van der Waals surface area contributed by atoms with Crippen LogP contribution in [0.2, 0.25) is 0 Å². The number of furan rings is 1. The van der Waals surface area contributed by atoms with E-state index in [0.29, 0.717) is 12.0 Å². The Morgan fingerprint density at radius 2 is 1.65 bits per heavy atom. The molecule has 0 fully saturated rings. The lowest BCUT2D eigenvalue weighted by Gasteiger charge is -2.27. The smallest absolute Gasteiger partial charge is 0.105 e. The van der Waals surface area contributed by atoms with E-state index in [0.717, 1.165) is 11.5 Å². The molecule has 0 aliphatic heterocycles. The Balaban J connectivity index is 2.19. The van der Waals surface area contributed by atoms with Gasteiger partial charge in [0.15, 0.2) is 0 Å². The third-order valence-corrected chi connectivity index (χ3v) is 3.80. The average molecular weight is 271 g/mol. The van der Waals surface area contributed by atoms with Crippen LogP contribution in [-0.4, -0.2) is 0 Å². The molecule has 0 amide bonds. The van der Waals surface area contributed by atoms with Crippen molar-refractivity contribution in [3.05, 3.63) is 59.0 Å². The van der Waals surface area contributed by atoms with Gasteiger partial charge in [-0.05, 0) is 38.3 Å². The number of benzene rings is 1. The van der Waals surface area contributed by atoms with Gasteiger partial charge in [0, 0.05) is 17.6 Å². The zero-order valence-corrected chi connectivity index (χ0v) is 13.1. The molecule has 1 N–H and O–H groups in total. The summed E-state index contributed by atoms with van der Waals surface area (Å²) in [6.45, 7) is 10.7. The highest BCUT2D eigenvalue weighted by Gasteiger charge is 2.20. The zero-order chi connectivity index (χ0) is 14.7. The summed E-state index contributed by atoms with van der Waals surface area (Å²) < 4.78 is 5.64. The lowest BCUT2D eigenvalue weighted by atomic mass is 9.94. The number of rotatable bonds is 5. The highest BCUT2D eigenvalue weighted by molar-refractivity contribution is 5.25. The summed E-state index contributed by atoms with van der Waals surface area (Å²) in [4.78, 5) is 0. The van der Waals surface area contributed by atoms with Crippen molar-refractivity contribution < 1.29 is 4.42 Å². The summed E-state index contributed by atoms with van der Waals surface area (Å²) >= 11 is 0. The van der Waals surface area contributed by atoms with Crippen molar-refractivity contribution >= 4 is 0 Å². The fraction of sp³-hybridized carbons (Fsp3) is 0.444. The molecule has 0 saturated heterocycles. The molecule has 1 aromatic heterocycles. The van der Waals surface area contributed by atoms with E-state index in [1.165, 1.54) is 11.1 Å². The maximum atomic E-state index is 5.64. The molecular weight excluding hydrogens is 246 g/mol. The molecule has 2 aromatic rings. The van der Waals surface area contributed by atoms with Crippen LogP contribution in [0.5, 0.6) is 0 Å². The number of hydrogen-bond acceptors (Lipinski definition) is 2. The lowest BCUT2D eigenvalue weighted by molar-refractivity contribution is 0.371. The zero-order valence-electron chi connectivity index (χ0n) is 13.1. The van der Waals surface area contributed by atoms with Crippen LogP contribution in [0.1, 0.15) is 55.5 Å². The molecule has 0 bridgehead atoms. The summed E-state index contributed by atoms with van der Waals surface area (Å²) in [5.41, 5.74) is 2.59. The van der Waals surface area contributed by atoms with Crippen molar-refractivity contribution in [1.29, 1.82) is 0 Å². The Morgan fingerprint density at radius 1 is 1.00 bits per heavy atom. The van der Waals surface area contributed by atoms with Crippen LogP contribution < -0.4 is 5.32 Å². The third kappa shape index (κ3) is 3.31. The minimum absolute atomic E-state index is 0.278. The van der Waals surface area contributed by atoms with E-state index in [1.807, 2.05) is 13.8 Å². The molecule has 0 radical (unpaired) electrons. The molecule has 2 atom stereocenters. The lowest BCUT2D eigenvalue weighted by Crippen LogP contribution is -2.28. The van der Waals surface area contributed by atoms with Gasteiger partial charge < -0.3 is 9.73 Å². The van der Waals surface area contributed by atoms with Gasteiger partial charge in [-0.1, -0.05) is 44.2 Å². The normalized spacial score (nSPS) is 14.5. The molecule has 108 valence electrons. The van der Waals surface area contributed by atoms with E-state index in [-0.39, 0.29) is 6.04 Å². The summed E-state index contributed by atoms with van der Waals surface area (Å²) in [6, 6.07) is 13.4. The van der Waals surface area contributed by atoms with Gasteiger partial charge in [0.1, 0.15) is 11.5 Å². The van der Waals surface area contributed by atoms with E-state index in [2.05, 4.69) is 62.5 Å². The molecule has 0 spiro atoms. The maximum absolute atomic E-state index is 5.64. The average Bonchev–Trinajstić information content (AvgIpc) is 2.75. The largest absolute Gasteiger partial charge is 0.466 e. The highest BCUT2D eigenvalue weighted by atomic mass is 16.3. The summed E-state index contributed by atoms with van der Waals surface area (Å²) in [5.74, 6) is 2.53. The first kappa shape index (κ1) is 14.9. The molecule has 2 heteroatoms. The molecule has 2 unspecified atom stereocenters. The topological polar surface area (TPSA) is 25.2 Å². The van der Waals surface area contributed by atoms with Crippen molar-refractivity contribution in [2.24, 2.45) is 5.92 Å². The molecule has 0 aliphatic carbocycles. The van der Waals surface area contributed by atoms with Gasteiger partial charge in [-0.2, -0.15) is 0 Å². The number of aryl methyl sites for hydroxylation is 2. The molecule has 2 rings (SSSR count). The Bertz CT molecular complexity index is 542. The second-order valence-corrected chi connectivity index (χ2v) is 5.89. The van der Waals surface area contributed by atoms with E-state index in [9.17, 15) is 0 Å². The van der Waals surface area contributed by atoms with E-state index >= 15 is 0 Å². The molecule has 0 aliphatic rings. The molecule has 1 heterocycles. The van der Waals surface area contributed by atoms with Gasteiger partial charge in [0.05, 0.1) is 0 Å². The van der Waals surface area contributed by atoms with Crippen LogP contribution >= 0.6 is 0 Å². The molecule has 2 nitrogen and oxygen atoms in total. The SMILES string of the molecule is Cc1cc(C(C)NC(c2ccccc2)C(C)C)c(C)o1. The summed E-state index contributed by atoms with van der Waals surface area (Å²) in [6.07, 6.45) is 0. The molecular formula is C18H25NO. The minimum Gasteiger partial charge on any atom is -0.466 e. The van der Waals surface area contributed by atoms with Crippen LogP contribution in [-0.2, 0) is 0 Å². The molecule has 1 aromatic carbocycles. The van der Waals surface area contributed by atoms with Crippen molar-refractivity contribution in [2.75, 3.05) is 0 Å². The number of nitrogens with one attached hydrogen (secondary N) is 1. The fourth-order valence-electron chi connectivity index (χ4n) is 2.77. The fourth-order valence-corrected chi connectivity index (χ4v) is 2.77.